The maximum Gasteiger partial charge on any atom is 0.133 e. The third-order valence-electron chi connectivity index (χ3n) is 4.67. The molecule has 4 heterocycles. The number of likely N-dealkylation sites (tertiary alicyclic amines) is 1. The van der Waals surface area contributed by atoms with Crippen LogP contribution in [0.15, 0.2) is 28.8 Å². The lowest BCUT2D eigenvalue weighted by Gasteiger charge is -2.47. The van der Waals surface area contributed by atoms with Crippen LogP contribution in [-0.2, 0) is 17.9 Å². The van der Waals surface area contributed by atoms with Gasteiger partial charge >= 0.3 is 0 Å². The molecule has 2 saturated heterocycles. The van der Waals surface area contributed by atoms with Crippen molar-refractivity contribution >= 4 is 11.8 Å². The Morgan fingerprint density at radius 1 is 1.33 bits per heavy atom. The van der Waals surface area contributed by atoms with E-state index in [1.165, 1.54) is 0 Å². The van der Waals surface area contributed by atoms with Crippen LogP contribution in [0.25, 0.3) is 0 Å². The van der Waals surface area contributed by atoms with E-state index in [9.17, 15) is 0 Å². The number of aryl methyl sites for hydroxylation is 2. The van der Waals surface area contributed by atoms with Crippen LogP contribution in [0.4, 0.5) is 0 Å². The molecule has 0 aromatic carbocycles. The van der Waals surface area contributed by atoms with E-state index in [2.05, 4.69) is 26.8 Å². The molecular formula is C18H23N3O2S. The van der Waals surface area contributed by atoms with Gasteiger partial charge in [-0.25, -0.2) is 0 Å². The average molecular weight is 345 g/mol. The third kappa shape index (κ3) is 3.50. The molecule has 128 valence electrons. The molecule has 5 nitrogen and oxygen atoms in total. The fraction of sp³-hybridized carbons (Fsp3) is 0.556. The van der Waals surface area contributed by atoms with Crippen molar-refractivity contribution < 1.29 is 9.26 Å². The molecule has 1 atom stereocenters. The Morgan fingerprint density at radius 2 is 2.21 bits per heavy atom. The summed E-state index contributed by atoms with van der Waals surface area (Å²) in [6.07, 6.45) is 1.48. The zero-order chi connectivity index (χ0) is 16.6. The first kappa shape index (κ1) is 16.1. The third-order valence-corrected chi connectivity index (χ3v) is 6.25. The lowest BCUT2D eigenvalue weighted by molar-refractivity contribution is 0.0246. The van der Waals surface area contributed by atoms with E-state index < -0.39 is 0 Å². The van der Waals surface area contributed by atoms with Crippen LogP contribution >= 0.6 is 11.8 Å². The lowest BCUT2D eigenvalue weighted by Crippen LogP contribution is -2.58. The van der Waals surface area contributed by atoms with E-state index in [1.54, 1.807) is 0 Å². The summed E-state index contributed by atoms with van der Waals surface area (Å²) < 4.78 is 11.6. The molecule has 2 aliphatic rings. The zero-order valence-corrected chi connectivity index (χ0v) is 15.0. The topological polar surface area (TPSA) is 51.4 Å². The Labute approximate surface area is 146 Å². The standard InChI is InChI=1S/C18H23N3O2S/c1-13-4-3-5-15(19-13)9-22-17-7-18(24-10-17)11-21(12-18)8-16-6-14(2)23-20-16/h3-6,17H,7-12H2,1-2H3/t17-/m0/s1. The molecule has 1 spiro atoms. The molecule has 2 fully saturated rings. The van der Waals surface area contributed by atoms with Gasteiger partial charge in [0.1, 0.15) is 5.76 Å². The summed E-state index contributed by atoms with van der Waals surface area (Å²) in [4.78, 5) is 6.95. The molecule has 4 rings (SSSR count). The van der Waals surface area contributed by atoms with Gasteiger partial charge in [-0.15, -0.1) is 11.8 Å². The van der Waals surface area contributed by atoms with Crippen molar-refractivity contribution in [1.82, 2.24) is 15.0 Å². The average Bonchev–Trinajstić information content (AvgIpc) is 3.12. The molecule has 2 aliphatic heterocycles. The first-order valence-corrected chi connectivity index (χ1v) is 9.41. The van der Waals surface area contributed by atoms with Crippen LogP contribution in [0.2, 0.25) is 0 Å². The highest BCUT2D eigenvalue weighted by molar-refractivity contribution is 8.01. The minimum Gasteiger partial charge on any atom is -0.371 e. The second-order valence-electron chi connectivity index (χ2n) is 6.98. The minimum atomic E-state index is 0.341. The van der Waals surface area contributed by atoms with Crippen molar-refractivity contribution in [3.05, 3.63) is 47.1 Å². The smallest absolute Gasteiger partial charge is 0.133 e. The van der Waals surface area contributed by atoms with Crippen LogP contribution < -0.4 is 0 Å². The SMILES string of the molecule is Cc1cccc(CO[C@@H]2CSC3(C2)CN(Cc2cc(C)on2)C3)n1. The van der Waals surface area contributed by atoms with E-state index in [4.69, 9.17) is 9.26 Å². The second-order valence-corrected chi connectivity index (χ2v) is 8.46. The highest BCUT2D eigenvalue weighted by Crippen LogP contribution is 2.46. The maximum absolute atomic E-state index is 6.10. The van der Waals surface area contributed by atoms with Gasteiger partial charge in [0.05, 0.1) is 24.1 Å². The molecule has 24 heavy (non-hydrogen) atoms. The number of thioether (sulfide) groups is 1. The van der Waals surface area contributed by atoms with Crippen molar-refractivity contribution in [1.29, 1.82) is 0 Å². The molecule has 0 aliphatic carbocycles. The quantitative estimate of drug-likeness (QED) is 0.830. The van der Waals surface area contributed by atoms with Crippen LogP contribution in [0.3, 0.4) is 0 Å². The van der Waals surface area contributed by atoms with Gasteiger partial charge in [0.15, 0.2) is 0 Å². The summed E-state index contributed by atoms with van der Waals surface area (Å²) in [6.45, 7) is 7.69. The summed E-state index contributed by atoms with van der Waals surface area (Å²) in [7, 11) is 0. The number of ether oxygens (including phenoxy) is 1. The van der Waals surface area contributed by atoms with Gasteiger partial charge < -0.3 is 9.26 Å². The second kappa shape index (κ2) is 6.50. The van der Waals surface area contributed by atoms with Gasteiger partial charge in [0.2, 0.25) is 0 Å². The Kier molecular flexibility index (Phi) is 4.37. The molecule has 0 N–H and O–H groups in total. The Balaban J connectivity index is 1.24. The predicted octanol–water partition coefficient (Wildman–Crippen LogP) is 2.96. The Bertz CT molecular complexity index is 712. The molecule has 2 aromatic heterocycles. The van der Waals surface area contributed by atoms with Crippen molar-refractivity contribution in [2.24, 2.45) is 0 Å². The summed E-state index contributed by atoms with van der Waals surface area (Å²) in [5, 5.41) is 4.08. The Hall–Kier alpha value is -1.37. The normalized spacial score (nSPS) is 22.8. The summed E-state index contributed by atoms with van der Waals surface area (Å²) >= 11 is 2.07. The van der Waals surface area contributed by atoms with Crippen LogP contribution in [0.5, 0.6) is 0 Å². The minimum absolute atomic E-state index is 0.341. The monoisotopic (exact) mass is 345 g/mol. The summed E-state index contributed by atoms with van der Waals surface area (Å²) in [5.74, 6) is 1.97. The fourth-order valence-corrected chi connectivity index (χ4v) is 5.22. The van der Waals surface area contributed by atoms with E-state index in [0.717, 1.165) is 54.6 Å². The highest BCUT2D eigenvalue weighted by atomic mass is 32.2. The van der Waals surface area contributed by atoms with Crippen molar-refractivity contribution in [2.45, 2.75) is 44.3 Å². The summed E-state index contributed by atoms with van der Waals surface area (Å²) in [5.41, 5.74) is 3.10. The molecule has 2 aromatic rings. The number of rotatable bonds is 5. The molecule has 0 saturated carbocycles. The van der Waals surface area contributed by atoms with Crippen molar-refractivity contribution in [3.63, 3.8) is 0 Å². The van der Waals surface area contributed by atoms with E-state index in [0.29, 0.717) is 17.5 Å². The number of pyridine rings is 1. The van der Waals surface area contributed by atoms with Gasteiger partial charge in [-0.1, -0.05) is 11.2 Å². The largest absolute Gasteiger partial charge is 0.371 e. The van der Waals surface area contributed by atoms with E-state index in [1.807, 2.05) is 38.1 Å². The van der Waals surface area contributed by atoms with Gasteiger partial charge in [0, 0.05) is 41.9 Å². The van der Waals surface area contributed by atoms with Crippen molar-refractivity contribution in [3.8, 4) is 0 Å². The van der Waals surface area contributed by atoms with Gasteiger partial charge in [0.25, 0.3) is 0 Å². The van der Waals surface area contributed by atoms with Gasteiger partial charge in [-0.05, 0) is 32.4 Å². The Morgan fingerprint density at radius 3 is 2.96 bits per heavy atom. The zero-order valence-electron chi connectivity index (χ0n) is 14.2. The lowest BCUT2D eigenvalue weighted by atomic mass is 9.93. The molecule has 0 amide bonds. The molecular weight excluding hydrogens is 322 g/mol. The highest BCUT2D eigenvalue weighted by Gasteiger charge is 2.49. The number of aromatic nitrogens is 2. The summed E-state index contributed by atoms with van der Waals surface area (Å²) in [6, 6.07) is 8.12. The molecule has 0 unspecified atom stereocenters. The van der Waals surface area contributed by atoms with Gasteiger partial charge in [-0.2, -0.15) is 0 Å². The fourth-order valence-electron chi connectivity index (χ4n) is 3.62. The van der Waals surface area contributed by atoms with Crippen LogP contribution in [0, 0.1) is 13.8 Å². The molecule has 6 heteroatoms. The molecule has 0 radical (unpaired) electrons. The van der Waals surface area contributed by atoms with Crippen LogP contribution in [-0.4, -0.2) is 44.7 Å². The van der Waals surface area contributed by atoms with Gasteiger partial charge in [-0.3, -0.25) is 9.88 Å². The predicted molar refractivity (Wildman–Crippen MR) is 93.9 cm³/mol. The van der Waals surface area contributed by atoms with E-state index >= 15 is 0 Å². The number of hydrogen-bond acceptors (Lipinski definition) is 6. The van der Waals surface area contributed by atoms with Crippen LogP contribution in [0.1, 0.15) is 29.3 Å². The maximum atomic E-state index is 6.10. The first-order valence-electron chi connectivity index (χ1n) is 8.43. The molecule has 0 bridgehead atoms. The first-order chi connectivity index (χ1) is 11.6. The van der Waals surface area contributed by atoms with E-state index in [-0.39, 0.29) is 0 Å². The van der Waals surface area contributed by atoms with Crippen molar-refractivity contribution in [2.75, 3.05) is 18.8 Å². The number of hydrogen-bond donors (Lipinski definition) is 0. The number of nitrogens with zero attached hydrogens (tertiary/aromatic N) is 3.